The van der Waals surface area contributed by atoms with Gasteiger partial charge in [0.05, 0.1) is 7.11 Å². The summed E-state index contributed by atoms with van der Waals surface area (Å²) in [7, 11) is 2.70. The van der Waals surface area contributed by atoms with Gasteiger partial charge in [-0.25, -0.2) is 9.59 Å². The Morgan fingerprint density at radius 3 is 2.31 bits per heavy atom. The number of esters is 1. The highest BCUT2D eigenvalue weighted by atomic mass is 16.6. The molecule has 10 nitrogen and oxygen atoms in total. The number of rotatable bonds is 8. The molecule has 0 spiro atoms. The molecular formula is C25H36N4O6. The third-order valence-corrected chi connectivity index (χ3v) is 5.52. The van der Waals surface area contributed by atoms with Crippen LogP contribution in [0.2, 0.25) is 0 Å². The SMILES string of the molecule is COC(=O)[C@H](C)N(C)C(=O)C(C)(C)NC(=O)[C@H](Cc1c[nH]c2ccccc12)NC(=O)OC(C)(C)C. The summed E-state index contributed by atoms with van der Waals surface area (Å²) in [6.07, 6.45) is 1.19. The van der Waals surface area contributed by atoms with Crippen molar-refractivity contribution in [2.75, 3.05) is 14.2 Å². The molecule has 3 N–H and O–H groups in total. The lowest BCUT2D eigenvalue weighted by Gasteiger charge is -2.34. The number of para-hydroxylation sites is 1. The van der Waals surface area contributed by atoms with Crippen LogP contribution in [0.4, 0.5) is 4.79 Å². The maximum atomic E-state index is 13.4. The number of aromatic nitrogens is 1. The first-order valence-electron chi connectivity index (χ1n) is 11.4. The highest BCUT2D eigenvalue weighted by molar-refractivity contribution is 5.95. The van der Waals surface area contributed by atoms with Crippen LogP contribution in [0, 0.1) is 0 Å². The van der Waals surface area contributed by atoms with Gasteiger partial charge >= 0.3 is 12.1 Å². The van der Waals surface area contributed by atoms with Crippen molar-refractivity contribution in [2.24, 2.45) is 0 Å². The highest BCUT2D eigenvalue weighted by Gasteiger charge is 2.38. The summed E-state index contributed by atoms with van der Waals surface area (Å²) in [5.41, 5.74) is -0.416. The van der Waals surface area contributed by atoms with Crippen LogP contribution >= 0.6 is 0 Å². The van der Waals surface area contributed by atoms with E-state index in [1.807, 2.05) is 24.3 Å². The topological polar surface area (TPSA) is 130 Å². The van der Waals surface area contributed by atoms with Crippen LogP contribution in [0.15, 0.2) is 30.5 Å². The quantitative estimate of drug-likeness (QED) is 0.490. The van der Waals surface area contributed by atoms with E-state index in [2.05, 4.69) is 15.6 Å². The summed E-state index contributed by atoms with van der Waals surface area (Å²) < 4.78 is 10.1. The van der Waals surface area contributed by atoms with Gasteiger partial charge in [0.25, 0.3) is 0 Å². The third kappa shape index (κ3) is 7.21. The van der Waals surface area contributed by atoms with Gasteiger partial charge in [0.1, 0.15) is 23.2 Å². The Bertz CT molecular complexity index is 1090. The number of H-pyrrole nitrogens is 1. The molecule has 192 valence electrons. The molecule has 10 heteroatoms. The average molecular weight is 489 g/mol. The molecule has 2 rings (SSSR count). The van der Waals surface area contributed by atoms with Gasteiger partial charge in [-0.3, -0.25) is 9.59 Å². The van der Waals surface area contributed by atoms with Crippen molar-refractivity contribution in [3.8, 4) is 0 Å². The molecule has 2 aromatic rings. The molecule has 0 aliphatic heterocycles. The standard InChI is InChI=1S/C25H36N4O6/c1-15(21(31)34-8)29(7)22(32)25(5,6)28-20(30)19(27-23(33)35-24(2,3)4)13-16-14-26-18-12-10-9-11-17(16)18/h9-12,14-15,19,26H,13H2,1-8H3,(H,27,33)(H,28,30)/t15-,19-/m0/s1. The zero-order chi connectivity index (χ0) is 26.6. The van der Waals surface area contributed by atoms with E-state index in [0.717, 1.165) is 16.5 Å². The van der Waals surface area contributed by atoms with Gasteiger partial charge in [0, 0.05) is 30.6 Å². The molecule has 0 unspecified atom stereocenters. The Morgan fingerprint density at radius 2 is 1.71 bits per heavy atom. The zero-order valence-corrected chi connectivity index (χ0v) is 21.6. The number of nitrogens with zero attached hydrogens (tertiary/aromatic N) is 1. The van der Waals surface area contributed by atoms with E-state index < -0.39 is 47.1 Å². The van der Waals surface area contributed by atoms with Gasteiger partial charge in [-0.2, -0.15) is 0 Å². The Kier molecular flexibility index (Phi) is 8.54. The summed E-state index contributed by atoms with van der Waals surface area (Å²) in [5.74, 6) is -1.64. The molecule has 0 aliphatic rings. The minimum Gasteiger partial charge on any atom is -0.467 e. The van der Waals surface area contributed by atoms with E-state index in [1.54, 1.807) is 27.0 Å². The lowest BCUT2D eigenvalue weighted by atomic mass is 9.99. The van der Waals surface area contributed by atoms with Gasteiger partial charge in [0.15, 0.2) is 0 Å². The molecule has 0 bridgehead atoms. The molecule has 2 atom stereocenters. The lowest BCUT2D eigenvalue weighted by Crippen LogP contribution is -2.61. The maximum Gasteiger partial charge on any atom is 0.408 e. The van der Waals surface area contributed by atoms with Crippen LogP contribution in [0.3, 0.4) is 0 Å². The zero-order valence-electron chi connectivity index (χ0n) is 21.6. The number of benzene rings is 1. The number of aromatic amines is 1. The summed E-state index contributed by atoms with van der Waals surface area (Å²) in [4.78, 5) is 55.2. The smallest absolute Gasteiger partial charge is 0.408 e. The second kappa shape index (κ2) is 10.8. The summed E-state index contributed by atoms with van der Waals surface area (Å²) in [6.45, 7) is 9.77. The van der Waals surface area contributed by atoms with E-state index in [9.17, 15) is 19.2 Å². The van der Waals surface area contributed by atoms with Crippen molar-refractivity contribution in [2.45, 2.75) is 71.2 Å². The normalized spacial score (nSPS) is 13.5. The van der Waals surface area contributed by atoms with Crippen LogP contribution in [0.25, 0.3) is 10.9 Å². The van der Waals surface area contributed by atoms with E-state index >= 15 is 0 Å². The van der Waals surface area contributed by atoms with Crippen molar-refractivity contribution >= 4 is 34.8 Å². The molecule has 1 aromatic heterocycles. The van der Waals surface area contributed by atoms with Gasteiger partial charge in [-0.05, 0) is 53.2 Å². The van der Waals surface area contributed by atoms with Crippen molar-refractivity contribution < 1.29 is 28.7 Å². The van der Waals surface area contributed by atoms with Crippen molar-refractivity contribution in [1.29, 1.82) is 0 Å². The predicted molar refractivity (Wildman–Crippen MR) is 132 cm³/mol. The first kappa shape index (κ1) is 27.7. The number of alkyl carbamates (subject to hydrolysis) is 1. The monoisotopic (exact) mass is 488 g/mol. The Labute approximate surface area is 205 Å². The van der Waals surface area contributed by atoms with Crippen molar-refractivity contribution in [3.63, 3.8) is 0 Å². The molecular weight excluding hydrogens is 452 g/mol. The minimum atomic E-state index is -1.37. The fraction of sp³-hybridized carbons (Fsp3) is 0.520. The number of hydrogen-bond acceptors (Lipinski definition) is 6. The number of carbonyl (C=O) groups is 4. The van der Waals surface area contributed by atoms with Crippen molar-refractivity contribution in [3.05, 3.63) is 36.0 Å². The fourth-order valence-corrected chi connectivity index (χ4v) is 3.57. The first-order valence-corrected chi connectivity index (χ1v) is 11.4. The molecule has 3 amide bonds. The van der Waals surface area contributed by atoms with Gasteiger partial charge < -0.3 is 30.0 Å². The number of nitrogens with one attached hydrogen (secondary N) is 3. The van der Waals surface area contributed by atoms with Gasteiger partial charge in [-0.15, -0.1) is 0 Å². The molecule has 0 aliphatic carbocycles. The maximum absolute atomic E-state index is 13.4. The van der Waals surface area contributed by atoms with Crippen LogP contribution < -0.4 is 10.6 Å². The summed E-state index contributed by atoms with van der Waals surface area (Å²) in [5, 5.41) is 6.26. The van der Waals surface area contributed by atoms with Crippen LogP contribution in [0.1, 0.15) is 47.1 Å². The van der Waals surface area contributed by atoms with Gasteiger partial charge in [-0.1, -0.05) is 18.2 Å². The Morgan fingerprint density at radius 1 is 1.09 bits per heavy atom. The summed E-state index contributed by atoms with van der Waals surface area (Å²) >= 11 is 0. The molecule has 0 saturated heterocycles. The van der Waals surface area contributed by atoms with E-state index in [-0.39, 0.29) is 6.42 Å². The van der Waals surface area contributed by atoms with Gasteiger partial charge in [0.2, 0.25) is 11.8 Å². The molecule has 0 saturated carbocycles. The number of ether oxygens (including phenoxy) is 2. The first-order chi connectivity index (χ1) is 16.2. The lowest BCUT2D eigenvalue weighted by molar-refractivity contribution is -0.153. The Balaban J connectivity index is 2.27. The molecule has 0 radical (unpaired) electrons. The second-order valence-corrected chi connectivity index (χ2v) is 9.99. The number of likely N-dealkylation sites (N-methyl/N-ethyl adjacent to an activating group) is 1. The Hall–Kier alpha value is -3.56. The summed E-state index contributed by atoms with van der Waals surface area (Å²) in [6, 6.07) is 5.74. The number of hydrogen-bond donors (Lipinski definition) is 3. The average Bonchev–Trinajstić information content (AvgIpc) is 3.17. The number of carbonyl (C=O) groups excluding carboxylic acids is 4. The number of amides is 3. The van der Waals surface area contributed by atoms with Crippen molar-refractivity contribution in [1.82, 2.24) is 20.5 Å². The molecule has 1 heterocycles. The van der Waals surface area contributed by atoms with E-state index in [0.29, 0.717) is 0 Å². The second-order valence-electron chi connectivity index (χ2n) is 9.99. The minimum absolute atomic E-state index is 0.160. The van der Waals surface area contributed by atoms with E-state index in [1.165, 1.54) is 39.8 Å². The molecule has 0 fully saturated rings. The van der Waals surface area contributed by atoms with Crippen LogP contribution in [-0.4, -0.2) is 71.1 Å². The molecule has 1 aromatic carbocycles. The predicted octanol–water partition coefficient (Wildman–Crippen LogP) is 2.52. The van der Waals surface area contributed by atoms with E-state index in [4.69, 9.17) is 9.47 Å². The fourth-order valence-electron chi connectivity index (χ4n) is 3.57. The highest BCUT2D eigenvalue weighted by Crippen LogP contribution is 2.20. The van der Waals surface area contributed by atoms with Crippen LogP contribution in [-0.2, 0) is 30.3 Å². The largest absolute Gasteiger partial charge is 0.467 e. The van der Waals surface area contributed by atoms with Crippen LogP contribution in [0.5, 0.6) is 0 Å². The number of fused-ring (bicyclic) bond motifs is 1. The molecule has 35 heavy (non-hydrogen) atoms. The third-order valence-electron chi connectivity index (χ3n) is 5.52. The number of methoxy groups -OCH3 is 1.